The Bertz CT molecular complexity index is 467. The van der Waals surface area contributed by atoms with E-state index in [2.05, 4.69) is 67.1 Å². The zero-order valence-corrected chi connectivity index (χ0v) is 15.3. The van der Waals surface area contributed by atoms with Gasteiger partial charge in [-0.25, -0.2) is 0 Å². The predicted molar refractivity (Wildman–Crippen MR) is 92.8 cm³/mol. The summed E-state index contributed by atoms with van der Waals surface area (Å²) in [6.07, 6.45) is 5.40. The highest BCUT2D eigenvalue weighted by Gasteiger charge is 2.20. The van der Waals surface area contributed by atoms with Crippen molar-refractivity contribution in [2.24, 2.45) is 5.92 Å². The lowest BCUT2D eigenvalue weighted by Crippen LogP contribution is -2.35. The number of nitrogens with one attached hydrogen (secondary N) is 1. The lowest BCUT2D eigenvalue weighted by atomic mass is 9.89. The predicted octanol–water partition coefficient (Wildman–Crippen LogP) is 5.29. The Morgan fingerprint density at radius 3 is 2.71 bits per heavy atom. The Hall–Kier alpha value is -0.540. The van der Waals surface area contributed by atoms with Crippen molar-refractivity contribution in [3.05, 3.63) is 28.2 Å². The van der Waals surface area contributed by atoms with E-state index in [1.54, 1.807) is 0 Å². The maximum atomic E-state index is 6.20. The van der Waals surface area contributed by atoms with Crippen LogP contribution in [0.15, 0.2) is 22.7 Å². The average Bonchev–Trinajstić information content (AvgIpc) is 2.38. The molecule has 0 spiro atoms. The molecule has 0 amide bonds. The zero-order valence-electron chi connectivity index (χ0n) is 13.7. The fraction of sp³-hybridized carbons (Fsp3) is 0.667. The summed E-state index contributed by atoms with van der Waals surface area (Å²) in [4.78, 5) is 0. The van der Waals surface area contributed by atoms with E-state index in [1.807, 2.05) is 0 Å². The molecule has 2 atom stereocenters. The van der Waals surface area contributed by atoms with Gasteiger partial charge in [-0.05, 0) is 69.7 Å². The number of ether oxygens (including phenoxy) is 1. The van der Waals surface area contributed by atoms with Crippen molar-refractivity contribution in [2.75, 3.05) is 0 Å². The quantitative estimate of drug-likeness (QED) is 0.793. The van der Waals surface area contributed by atoms with E-state index in [4.69, 9.17) is 4.74 Å². The summed E-state index contributed by atoms with van der Waals surface area (Å²) < 4.78 is 7.35. The Balaban J connectivity index is 2.00. The van der Waals surface area contributed by atoms with Gasteiger partial charge in [-0.1, -0.05) is 29.3 Å². The summed E-state index contributed by atoms with van der Waals surface area (Å²) in [5, 5.41) is 3.53. The van der Waals surface area contributed by atoms with Crippen molar-refractivity contribution < 1.29 is 4.74 Å². The lowest BCUT2D eigenvalue weighted by Gasteiger charge is -2.28. The van der Waals surface area contributed by atoms with Crippen molar-refractivity contribution in [1.29, 1.82) is 0 Å². The molecule has 1 aliphatic rings. The minimum Gasteiger partial charge on any atom is -0.490 e. The first-order valence-electron chi connectivity index (χ1n) is 8.03. The maximum Gasteiger partial charge on any atom is 0.120 e. The van der Waals surface area contributed by atoms with Crippen LogP contribution in [0, 0.1) is 5.92 Å². The number of hydrogen-bond acceptors (Lipinski definition) is 2. The van der Waals surface area contributed by atoms with Crippen molar-refractivity contribution in [2.45, 2.75) is 71.6 Å². The fourth-order valence-corrected chi connectivity index (χ4v) is 3.19. The maximum absolute atomic E-state index is 6.20. The molecule has 1 aromatic rings. The molecule has 21 heavy (non-hydrogen) atoms. The van der Waals surface area contributed by atoms with Gasteiger partial charge in [-0.3, -0.25) is 0 Å². The van der Waals surface area contributed by atoms with Gasteiger partial charge in [0.25, 0.3) is 0 Å². The van der Waals surface area contributed by atoms with Gasteiger partial charge in [-0.15, -0.1) is 0 Å². The van der Waals surface area contributed by atoms with Gasteiger partial charge in [-0.2, -0.15) is 0 Å². The molecule has 3 heteroatoms. The van der Waals surface area contributed by atoms with Gasteiger partial charge in [0.2, 0.25) is 0 Å². The second-order valence-electron chi connectivity index (χ2n) is 7.37. The van der Waals surface area contributed by atoms with Crippen LogP contribution >= 0.6 is 15.9 Å². The molecule has 1 saturated carbocycles. The molecule has 2 nitrogen and oxygen atoms in total. The van der Waals surface area contributed by atoms with E-state index < -0.39 is 0 Å². The van der Waals surface area contributed by atoms with Crippen molar-refractivity contribution in [3.63, 3.8) is 0 Å². The van der Waals surface area contributed by atoms with Crippen LogP contribution in [-0.4, -0.2) is 11.6 Å². The van der Waals surface area contributed by atoms with Crippen LogP contribution in [0.5, 0.6) is 5.75 Å². The average molecular weight is 354 g/mol. The van der Waals surface area contributed by atoms with E-state index in [0.717, 1.165) is 22.7 Å². The van der Waals surface area contributed by atoms with Crippen LogP contribution in [0.3, 0.4) is 0 Å². The summed E-state index contributed by atoms with van der Waals surface area (Å²) in [7, 11) is 0. The molecule has 2 unspecified atom stereocenters. The Kier molecular flexibility index (Phi) is 5.73. The summed E-state index contributed by atoms with van der Waals surface area (Å²) in [5.41, 5.74) is 1.38. The monoisotopic (exact) mass is 353 g/mol. The Morgan fingerprint density at radius 1 is 1.29 bits per heavy atom. The second-order valence-corrected chi connectivity index (χ2v) is 8.22. The van der Waals surface area contributed by atoms with Crippen molar-refractivity contribution in [3.8, 4) is 5.75 Å². The Morgan fingerprint density at radius 2 is 2.05 bits per heavy atom. The molecule has 0 aliphatic heterocycles. The molecule has 1 aliphatic carbocycles. The molecular weight excluding hydrogens is 326 g/mol. The summed E-state index contributed by atoms with van der Waals surface area (Å²) in [5.74, 6) is 1.80. The van der Waals surface area contributed by atoms with E-state index >= 15 is 0 Å². The smallest absolute Gasteiger partial charge is 0.120 e. The van der Waals surface area contributed by atoms with Crippen molar-refractivity contribution >= 4 is 15.9 Å². The minimum absolute atomic E-state index is 0.120. The highest BCUT2D eigenvalue weighted by atomic mass is 79.9. The minimum atomic E-state index is 0.120. The highest BCUT2D eigenvalue weighted by Crippen LogP contribution is 2.29. The SMILES string of the molecule is CC1CCCC(Oc2ccc(Br)c(CNC(C)(C)C)c2)C1. The number of rotatable bonds is 4. The lowest BCUT2D eigenvalue weighted by molar-refractivity contribution is 0.129. The van der Waals surface area contributed by atoms with Gasteiger partial charge in [0.15, 0.2) is 0 Å². The molecule has 0 heterocycles. The molecule has 118 valence electrons. The van der Waals surface area contributed by atoms with Gasteiger partial charge >= 0.3 is 0 Å². The number of hydrogen-bond donors (Lipinski definition) is 1. The van der Waals surface area contributed by atoms with E-state index in [1.165, 1.54) is 31.2 Å². The second kappa shape index (κ2) is 7.15. The van der Waals surface area contributed by atoms with Crippen LogP contribution in [0.4, 0.5) is 0 Å². The third-order valence-electron chi connectivity index (χ3n) is 4.02. The molecule has 1 fully saturated rings. The largest absolute Gasteiger partial charge is 0.490 e. The van der Waals surface area contributed by atoms with Crippen LogP contribution in [0.25, 0.3) is 0 Å². The first kappa shape index (κ1) is 16.8. The normalized spacial score (nSPS) is 23.1. The Labute approximate surface area is 137 Å². The first-order chi connectivity index (χ1) is 9.83. The third-order valence-corrected chi connectivity index (χ3v) is 4.79. The highest BCUT2D eigenvalue weighted by molar-refractivity contribution is 9.10. The molecule has 0 bridgehead atoms. The van der Waals surface area contributed by atoms with Gasteiger partial charge in [0.1, 0.15) is 5.75 Å². The molecule has 0 aromatic heterocycles. The third kappa shape index (κ3) is 5.63. The summed E-state index contributed by atoms with van der Waals surface area (Å²) >= 11 is 3.64. The van der Waals surface area contributed by atoms with Gasteiger partial charge in [0.05, 0.1) is 6.10 Å². The molecule has 1 aromatic carbocycles. The summed E-state index contributed by atoms with van der Waals surface area (Å²) in [6, 6.07) is 6.34. The molecule has 1 N–H and O–H groups in total. The zero-order chi connectivity index (χ0) is 15.5. The molecule has 0 radical (unpaired) electrons. The van der Waals surface area contributed by atoms with Crippen LogP contribution in [0.2, 0.25) is 0 Å². The number of benzene rings is 1. The fourth-order valence-electron chi connectivity index (χ4n) is 2.80. The standard InChI is InChI=1S/C18H28BrNO/c1-13-6-5-7-15(10-13)21-16-8-9-17(19)14(11-16)12-20-18(2,3)4/h8-9,11,13,15,20H,5-7,10,12H2,1-4H3. The molecule has 0 saturated heterocycles. The van der Waals surface area contributed by atoms with E-state index in [-0.39, 0.29) is 5.54 Å². The first-order valence-corrected chi connectivity index (χ1v) is 8.83. The van der Waals surface area contributed by atoms with Gasteiger partial charge in [0, 0.05) is 16.6 Å². The number of halogens is 1. The molecular formula is C18H28BrNO. The van der Waals surface area contributed by atoms with Crippen LogP contribution in [-0.2, 0) is 6.54 Å². The van der Waals surface area contributed by atoms with Crippen LogP contribution in [0.1, 0.15) is 58.9 Å². The van der Waals surface area contributed by atoms with Gasteiger partial charge < -0.3 is 10.1 Å². The van der Waals surface area contributed by atoms with Crippen molar-refractivity contribution in [1.82, 2.24) is 5.32 Å². The van der Waals surface area contributed by atoms with E-state index in [0.29, 0.717) is 6.10 Å². The molecule has 2 rings (SSSR count). The van der Waals surface area contributed by atoms with E-state index in [9.17, 15) is 0 Å². The topological polar surface area (TPSA) is 21.3 Å². The van der Waals surface area contributed by atoms with Crippen LogP contribution < -0.4 is 10.1 Å². The summed E-state index contributed by atoms with van der Waals surface area (Å²) in [6.45, 7) is 9.73.